The fraction of sp³-hybridized carbons (Fsp3) is 0.300. The molecular weight excluding hydrogens is 448 g/mol. The van der Waals surface area contributed by atoms with Gasteiger partial charge in [-0.15, -0.1) is 0 Å². The van der Waals surface area contributed by atoms with Gasteiger partial charge in [0.25, 0.3) is 11.8 Å². The van der Waals surface area contributed by atoms with E-state index in [9.17, 15) is 9.59 Å². The van der Waals surface area contributed by atoms with Crippen molar-refractivity contribution in [2.75, 3.05) is 13.2 Å². The molecule has 0 heterocycles. The van der Waals surface area contributed by atoms with Crippen LogP contribution in [0.25, 0.3) is 0 Å². The molecule has 150 valence electrons. The number of ether oxygens (including phenoxy) is 2. The molecule has 0 aliphatic rings. The number of hydrogen-bond acceptors (Lipinski definition) is 4. The van der Waals surface area contributed by atoms with Crippen molar-refractivity contribution in [1.82, 2.24) is 10.9 Å². The molecule has 0 unspecified atom stereocenters. The van der Waals surface area contributed by atoms with E-state index in [0.717, 1.165) is 15.6 Å². The monoisotopic (exact) mass is 468 g/mol. The molecule has 0 aliphatic carbocycles. The van der Waals surface area contributed by atoms with Gasteiger partial charge in [0.15, 0.2) is 13.2 Å². The second-order valence-corrected chi connectivity index (χ2v) is 7.69. The normalized spacial score (nSPS) is 10.5. The van der Waals surface area contributed by atoms with Gasteiger partial charge in [-0.3, -0.25) is 20.4 Å². The molecule has 0 radical (unpaired) electrons. The van der Waals surface area contributed by atoms with Gasteiger partial charge in [-0.25, -0.2) is 0 Å². The fourth-order valence-electron chi connectivity index (χ4n) is 2.20. The molecule has 0 spiro atoms. The number of rotatable bonds is 7. The van der Waals surface area contributed by atoms with E-state index >= 15 is 0 Å². The number of hydrogen-bond donors (Lipinski definition) is 2. The second kappa shape index (κ2) is 10.3. The third kappa shape index (κ3) is 6.73. The number of aryl methyl sites for hydroxylation is 1. The van der Waals surface area contributed by atoms with Gasteiger partial charge in [0.2, 0.25) is 0 Å². The van der Waals surface area contributed by atoms with Crippen molar-refractivity contribution in [3.63, 3.8) is 0 Å². The molecule has 2 aromatic carbocycles. The van der Waals surface area contributed by atoms with Crippen molar-refractivity contribution >= 4 is 39.3 Å². The van der Waals surface area contributed by atoms with Gasteiger partial charge in [-0.05, 0) is 70.2 Å². The van der Waals surface area contributed by atoms with Crippen LogP contribution in [0.4, 0.5) is 0 Å². The molecule has 0 fully saturated rings. The van der Waals surface area contributed by atoms with Crippen LogP contribution in [0, 0.1) is 6.92 Å². The van der Waals surface area contributed by atoms with Crippen molar-refractivity contribution in [1.29, 1.82) is 0 Å². The summed E-state index contributed by atoms with van der Waals surface area (Å²) in [4.78, 5) is 23.6. The number of carbonyl (C=O) groups is 2. The Bertz CT molecular complexity index is 858. The highest BCUT2D eigenvalue weighted by atomic mass is 79.9. The van der Waals surface area contributed by atoms with Gasteiger partial charge in [-0.2, -0.15) is 0 Å². The zero-order chi connectivity index (χ0) is 20.7. The summed E-state index contributed by atoms with van der Waals surface area (Å²) >= 11 is 9.36. The van der Waals surface area contributed by atoms with Crippen LogP contribution >= 0.6 is 27.5 Å². The first-order chi connectivity index (χ1) is 13.3. The summed E-state index contributed by atoms with van der Waals surface area (Å²) in [5, 5.41) is 0.620. The number of amides is 2. The van der Waals surface area contributed by atoms with Crippen LogP contribution in [-0.4, -0.2) is 25.0 Å². The summed E-state index contributed by atoms with van der Waals surface area (Å²) in [6, 6.07) is 10.8. The Morgan fingerprint density at radius 3 is 2.25 bits per heavy atom. The fourth-order valence-corrected chi connectivity index (χ4v) is 2.83. The Morgan fingerprint density at radius 1 is 1.04 bits per heavy atom. The minimum Gasteiger partial charge on any atom is -0.484 e. The van der Waals surface area contributed by atoms with Crippen LogP contribution in [-0.2, 0) is 9.59 Å². The number of benzene rings is 2. The van der Waals surface area contributed by atoms with Crippen LogP contribution in [0.5, 0.6) is 11.5 Å². The van der Waals surface area contributed by atoms with Crippen LogP contribution in [0.2, 0.25) is 5.02 Å². The van der Waals surface area contributed by atoms with Crippen molar-refractivity contribution < 1.29 is 19.1 Å². The molecule has 8 heteroatoms. The van der Waals surface area contributed by atoms with Crippen molar-refractivity contribution in [2.24, 2.45) is 0 Å². The van der Waals surface area contributed by atoms with E-state index in [1.165, 1.54) is 0 Å². The van der Waals surface area contributed by atoms with Crippen LogP contribution in [0.15, 0.2) is 40.9 Å². The van der Waals surface area contributed by atoms with Crippen LogP contribution < -0.4 is 20.3 Å². The lowest BCUT2D eigenvalue weighted by Gasteiger charge is -2.12. The van der Waals surface area contributed by atoms with E-state index in [-0.39, 0.29) is 13.2 Å². The van der Waals surface area contributed by atoms with Gasteiger partial charge in [-0.1, -0.05) is 31.5 Å². The molecule has 0 aromatic heterocycles. The number of halogens is 2. The number of carbonyl (C=O) groups excluding carboxylic acids is 2. The van der Waals surface area contributed by atoms with Crippen molar-refractivity contribution in [3.05, 3.63) is 57.0 Å². The molecule has 2 N–H and O–H groups in total. The molecule has 2 aromatic rings. The SMILES string of the molecule is Cc1cc(OCC(=O)NNC(=O)COc2ccc(C(C)C)cc2Br)ccc1Cl. The smallest absolute Gasteiger partial charge is 0.276 e. The summed E-state index contributed by atoms with van der Waals surface area (Å²) in [5.74, 6) is 0.468. The first-order valence-electron chi connectivity index (χ1n) is 8.65. The summed E-state index contributed by atoms with van der Waals surface area (Å²) in [6.45, 7) is 5.54. The quantitative estimate of drug-likeness (QED) is 0.598. The van der Waals surface area contributed by atoms with E-state index in [1.807, 2.05) is 19.1 Å². The average Bonchev–Trinajstić information content (AvgIpc) is 2.66. The number of nitrogens with one attached hydrogen (secondary N) is 2. The average molecular weight is 470 g/mol. The standard InChI is InChI=1S/C20H22BrClN2O4/c1-12(2)14-4-7-18(16(21)9-14)28-11-20(26)24-23-19(25)10-27-15-5-6-17(22)13(3)8-15/h4-9,12H,10-11H2,1-3H3,(H,23,25)(H,24,26). The Kier molecular flexibility index (Phi) is 8.14. The second-order valence-electron chi connectivity index (χ2n) is 6.43. The topological polar surface area (TPSA) is 76.7 Å². The van der Waals surface area contributed by atoms with Gasteiger partial charge in [0.05, 0.1) is 4.47 Å². The van der Waals surface area contributed by atoms with Crippen molar-refractivity contribution in [3.8, 4) is 11.5 Å². The molecule has 28 heavy (non-hydrogen) atoms. The predicted octanol–water partition coefficient (Wildman–Crippen LogP) is 4.14. The van der Waals surface area contributed by atoms with Gasteiger partial charge in [0.1, 0.15) is 11.5 Å². The maximum absolute atomic E-state index is 11.8. The third-order valence-electron chi connectivity index (χ3n) is 3.82. The molecule has 2 rings (SSSR count). The molecule has 2 amide bonds. The van der Waals surface area contributed by atoms with E-state index < -0.39 is 11.8 Å². The lowest BCUT2D eigenvalue weighted by Crippen LogP contribution is -2.45. The van der Waals surface area contributed by atoms with Crippen molar-refractivity contribution in [2.45, 2.75) is 26.7 Å². The first-order valence-corrected chi connectivity index (χ1v) is 9.82. The highest BCUT2D eigenvalue weighted by Crippen LogP contribution is 2.28. The van der Waals surface area contributed by atoms with Crippen LogP contribution in [0.1, 0.15) is 30.9 Å². The Labute approximate surface area is 177 Å². The molecule has 0 bridgehead atoms. The van der Waals surface area contributed by atoms with Gasteiger partial charge >= 0.3 is 0 Å². The van der Waals surface area contributed by atoms with Gasteiger partial charge in [0, 0.05) is 5.02 Å². The molecule has 0 aliphatic heterocycles. The third-order valence-corrected chi connectivity index (χ3v) is 4.87. The minimum absolute atomic E-state index is 0.239. The number of hydrazine groups is 1. The van der Waals surface area contributed by atoms with Crippen LogP contribution in [0.3, 0.4) is 0 Å². The lowest BCUT2D eigenvalue weighted by molar-refractivity contribution is -0.131. The zero-order valence-corrected chi connectivity index (χ0v) is 18.2. The van der Waals surface area contributed by atoms with Gasteiger partial charge < -0.3 is 9.47 Å². The maximum Gasteiger partial charge on any atom is 0.276 e. The molecule has 0 saturated heterocycles. The Balaban J connectivity index is 1.73. The molecular formula is C20H22BrClN2O4. The van der Waals surface area contributed by atoms with E-state index in [0.29, 0.717) is 22.4 Å². The summed E-state index contributed by atoms with van der Waals surface area (Å²) in [7, 11) is 0. The minimum atomic E-state index is -0.497. The first kappa shape index (κ1) is 22.0. The largest absolute Gasteiger partial charge is 0.484 e. The highest BCUT2D eigenvalue weighted by molar-refractivity contribution is 9.10. The predicted molar refractivity (Wildman–Crippen MR) is 112 cm³/mol. The highest BCUT2D eigenvalue weighted by Gasteiger charge is 2.10. The molecule has 6 nitrogen and oxygen atoms in total. The van der Waals surface area contributed by atoms with E-state index in [1.54, 1.807) is 24.3 Å². The maximum atomic E-state index is 11.8. The molecule has 0 saturated carbocycles. The Morgan fingerprint density at radius 2 is 1.68 bits per heavy atom. The summed E-state index contributed by atoms with van der Waals surface area (Å²) in [5.41, 5.74) is 6.56. The summed E-state index contributed by atoms with van der Waals surface area (Å²) < 4.78 is 11.6. The zero-order valence-electron chi connectivity index (χ0n) is 15.8. The van der Waals surface area contributed by atoms with E-state index in [4.69, 9.17) is 21.1 Å². The Hall–Kier alpha value is -2.25. The van der Waals surface area contributed by atoms with E-state index in [2.05, 4.69) is 40.6 Å². The lowest BCUT2D eigenvalue weighted by atomic mass is 10.0. The summed E-state index contributed by atoms with van der Waals surface area (Å²) in [6.07, 6.45) is 0. The molecule has 0 atom stereocenters.